The Morgan fingerprint density at radius 2 is 2.29 bits per heavy atom. The summed E-state index contributed by atoms with van der Waals surface area (Å²) in [5, 5.41) is 2.60. The van der Waals surface area contributed by atoms with Crippen LogP contribution in [0.1, 0.15) is 29.8 Å². The number of esters is 1. The SMILES string of the molecule is COC(=O)C1CCCN1C(=O)CCNC(=O)c1ccco1. The molecule has 21 heavy (non-hydrogen) atoms. The highest BCUT2D eigenvalue weighted by Gasteiger charge is 2.34. The van der Waals surface area contributed by atoms with Gasteiger partial charge in [0.15, 0.2) is 5.76 Å². The van der Waals surface area contributed by atoms with Gasteiger partial charge in [0.05, 0.1) is 13.4 Å². The number of furan rings is 1. The molecule has 0 radical (unpaired) electrons. The summed E-state index contributed by atoms with van der Waals surface area (Å²) in [6, 6.07) is 2.67. The Hall–Kier alpha value is -2.31. The van der Waals surface area contributed by atoms with Crippen LogP contribution in [0.4, 0.5) is 0 Å². The second kappa shape index (κ2) is 6.92. The lowest BCUT2D eigenvalue weighted by Gasteiger charge is -2.22. The molecule has 1 unspecified atom stereocenters. The van der Waals surface area contributed by atoms with Crippen LogP contribution < -0.4 is 5.32 Å². The first-order chi connectivity index (χ1) is 10.1. The lowest BCUT2D eigenvalue weighted by molar-refractivity contribution is -0.150. The van der Waals surface area contributed by atoms with Crippen LogP contribution in [0.2, 0.25) is 0 Å². The Kier molecular flexibility index (Phi) is 4.97. The van der Waals surface area contributed by atoms with Gasteiger partial charge in [0.2, 0.25) is 5.91 Å². The smallest absolute Gasteiger partial charge is 0.328 e. The summed E-state index contributed by atoms with van der Waals surface area (Å²) in [6.07, 6.45) is 2.95. The van der Waals surface area contributed by atoms with Crippen LogP contribution in [-0.4, -0.2) is 48.9 Å². The van der Waals surface area contributed by atoms with Crippen LogP contribution in [0.5, 0.6) is 0 Å². The van der Waals surface area contributed by atoms with Gasteiger partial charge in [0.25, 0.3) is 5.91 Å². The average molecular weight is 294 g/mol. The molecule has 0 aliphatic carbocycles. The summed E-state index contributed by atoms with van der Waals surface area (Å²) in [6.45, 7) is 0.744. The van der Waals surface area contributed by atoms with Gasteiger partial charge in [-0.1, -0.05) is 0 Å². The zero-order valence-corrected chi connectivity index (χ0v) is 11.8. The minimum Gasteiger partial charge on any atom is -0.467 e. The number of nitrogens with one attached hydrogen (secondary N) is 1. The third-order valence-corrected chi connectivity index (χ3v) is 3.42. The molecule has 1 N–H and O–H groups in total. The summed E-state index contributed by atoms with van der Waals surface area (Å²) < 4.78 is 9.64. The molecule has 0 aromatic carbocycles. The number of ether oxygens (including phenoxy) is 1. The van der Waals surface area contributed by atoms with E-state index in [1.807, 2.05) is 0 Å². The van der Waals surface area contributed by atoms with Gasteiger partial charge >= 0.3 is 5.97 Å². The first kappa shape index (κ1) is 15.1. The first-order valence-electron chi connectivity index (χ1n) is 6.82. The van der Waals surface area contributed by atoms with Crippen LogP contribution in [0.15, 0.2) is 22.8 Å². The number of hydrogen-bond donors (Lipinski definition) is 1. The lowest BCUT2D eigenvalue weighted by Crippen LogP contribution is -2.42. The Labute approximate surface area is 122 Å². The van der Waals surface area contributed by atoms with Crippen LogP contribution in [0.25, 0.3) is 0 Å². The maximum absolute atomic E-state index is 12.1. The topological polar surface area (TPSA) is 88.9 Å². The summed E-state index contributed by atoms with van der Waals surface area (Å²) in [5.74, 6) is -0.710. The van der Waals surface area contributed by atoms with Crippen molar-refractivity contribution in [2.24, 2.45) is 0 Å². The Balaban J connectivity index is 1.79. The average Bonchev–Trinajstić information content (AvgIpc) is 3.16. The minimum atomic E-state index is -0.497. The van der Waals surface area contributed by atoms with Gasteiger partial charge in [-0.2, -0.15) is 0 Å². The van der Waals surface area contributed by atoms with Gasteiger partial charge in [-0.3, -0.25) is 9.59 Å². The standard InChI is InChI=1S/C14H18N2O5/c1-20-14(19)10-4-2-8-16(10)12(17)6-7-15-13(18)11-5-3-9-21-11/h3,5,9-10H,2,4,6-8H2,1H3,(H,15,18). The van der Waals surface area contributed by atoms with Gasteiger partial charge in [0.1, 0.15) is 6.04 Å². The lowest BCUT2D eigenvalue weighted by atomic mass is 10.2. The van der Waals surface area contributed by atoms with E-state index in [2.05, 4.69) is 5.32 Å². The quantitative estimate of drug-likeness (QED) is 0.802. The maximum atomic E-state index is 12.1. The normalized spacial score (nSPS) is 17.6. The van der Waals surface area contributed by atoms with E-state index in [1.54, 1.807) is 12.1 Å². The number of likely N-dealkylation sites (tertiary alicyclic amines) is 1. The fourth-order valence-electron chi connectivity index (χ4n) is 2.37. The van der Waals surface area contributed by atoms with Crippen molar-refractivity contribution in [3.8, 4) is 0 Å². The van der Waals surface area contributed by atoms with E-state index in [-0.39, 0.29) is 36.5 Å². The Morgan fingerprint density at radius 1 is 1.48 bits per heavy atom. The largest absolute Gasteiger partial charge is 0.467 e. The van der Waals surface area contributed by atoms with Crippen molar-refractivity contribution in [2.45, 2.75) is 25.3 Å². The predicted molar refractivity (Wildman–Crippen MR) is 72.4 cm³/mol. The van der Waals surface area contributed by atoms with Crippen LogP contribution >= 0.6 is 0 Å². The van der Waals surface area contributed by atoms with E-state index in [0.29, 0.717) is 13.0 Å². The molecule has 0 bridgehead atoms. The van der Waals surface area contributed by atoms with Crippen molar-refractivity contribution in [1.29, 1.82) is 0 Å². The molecular weight excluding hydrogens is 276 g/mol. The minimum absolute atomic E-state index is 0.139. The molecule has 2 heterocycles. The van der Waals surface area contributed by atoms with E-state index < -0.39 is 6.04 Å². The molecule has 1 aromatic rings. The molecule has 1 saturated heterocycles. The van der Waals surface area contributed by atoms with E-state index in [4.69, 9.17) is 9.15 Å². The maximum Gasteiger partial charge on any atom is 0.328 e. The molecule has 1 aliphatic heterocycles. The Bertz CT molecular complexity index is 511. The van der Waals surface area contributed by atoms with E-state index >= 15 is 0 Å². The van der Waals surface area contributed by atoms with Gasteiger partial charge in [0, 0.05) is 19.5 Å². The van der Waals surface area contributed by atoms with E-state index in [9.17, 15) is 14.4 Å². The van der Waals surface area contributed by atoms with Crippen LogP contribution in [-0.2, 0) is 14.3 Å². The van der Waals surface area contributed by atoms with Crippen molar-refractivity contribution in [2.75, 3.05) is 20.2 Å². The van der Waals surface area contributed by atoms with Crippen LogP contribution in [0.3, 0.4) is 0 Å². The summed E-state index contributed by atoms with van der Waals surface area (Å²) in [5.41, 5.74) is 0. The highest BCUT2D eigenvalue weighted by molar-refractivity contribution is 5.91. The number of hydrogen-bond acceptors (Lipinski definition) is 5. The van der Waals surface area contributed by atoms with Gasteiger partial charge in [-0.25, -0.2) is 4.79 Å². The fraction of sp³-hybridized carbons (Fsp3) is 0.500. The summed E-state index contributed by atoms with van der Waals surface area (Å²) in [4.78, 5) is 36.8. The molecule has 7 nitrogen and oxygen atoms in total. The van der Waals surface area contributed by atoms with E-state index in [1.165, 1.54) is 18.3 Å². The number of amides is 2. The van der Waals surface area contributed by atoms with Gasteiger partial charge in [-0.05, 0) is 25.0 Å². The highest BCUT2D eigenvalue weighted by atomic mass is 16.5. The molecule has 2 rings (SSSR count). The first-order valence-corrected chi connectivity index (χ1v) is 6.82. The molecule has 0 spiro atoms. The molecule has 1 aromatic heterocycles. The zero-order chi connectivity index (χ0) is 15.2. The predicted octanol–water partition coefficient (Wildman–Crippen LogP) is 0.564. The van der Waals surface area contributed by atoms with Gasteiger partial charge < -0.3 is 19.4 Å². The molecule has 2 amide bonds. The molecule has 7 heteroatoms. The fourth-order valence-corrected chi connectivity index (χ4v) is 2.37. The van der Waals surface area contributed by atoms with Crippen molar-refractivity contribution in [1.82, 2.24) is 10.2 Å². The number of carbonyl (C=O) groups excluding carboxylic acids is 3. The third kappa shape index (κ3) is 3.62. The van der Waals surface area contributed by atoms with Crippen molar-refractivity contribution < 1.29 is 23.5 Å². The second-order valence-corrected chi connectivity index (χ2v) is 4.75. The summed E-state index contributed by atoms with van der Waals surface area (Å²) in [7, 11) is 1.31. The second-order valence-electron chi connectivity index (χ2n) is 4.75. The number of carbonyl (C=O) groups is 3. The van der Waals surface area contributed by atoms with Crippen molar-refractivity contribution in [3.63, 3.8) is 0 Å². The highest BCUT2D eigenvalue weighted by Crippen LogP contribution is 2.19. The van der Waals surface area contributed by atoms with Crippen molar-refractivity contribution in [3.05, 3.63) is 24.2 Å². The monoisotopic (exact) mass is 294 g/mol. The number of methoxy groups -OCH3 is 1. The van der Waals surface area contributed by atoms with Crippen molar-refractivity contribution >= 4 is 17.8 Å². The van der Waals surface area contributed by atoms with E-state index in [0.717, 1.165) is 6.42 Å². The Morgan fingerprint density at radius 3 is 2.95 bits per heavy atom. The molecule has 1 atom stereocenters. The molecule has 1 aliphatic rings. The zero-order valence-electron chi connectivity index (χ0n) is 11.8. The number of nitrogens with zero attached hydrogens (tertiary/aromatic N) is 1. The number of rotatable bonds is 5. The third-order valence-electron chi connectivity index (χ3n) is 3.42. The molecule has 114 valence electrons. The summed E-state index contributed by atoms with van der Waals surface area (Å²) >= 11 is 0. The molecular formula is C14H18N2O5. The molecule has 1 fully saturated rings. The van der Waals surface area contributed by atoms with Gasteiger partial charge in [-0.15, -0.1) is 0 Å². The van der Waals surface area contributed by atoms with Crippen LogP contribution in [0, 0.1) is 0 Å². The molecule has 0 saturated carbocycles.